The first kappa shape index (κ1) is 11.4. The van der Waals surface area contributed by atoms with Crippen LogP contribution in [0, 0.1) is 17.8 Å². The van der Waals surface area contributed by atoms with Crippen LogP contribution in [0.15, 0.2) is 0 Å². The summed E-state index contributed by atoms with van der Waals surface area (Å²) >= 11 is 0. The van der Waals surface area contributed by atoms with E-state index < -0.39 is 0 Å². The van der Waals surface area contributed by atoms with Crippen molar-refractivity contribution in [2.75, 3.05) is 0 Å². The summed E-state index contributed by atoms with van der Waals surface area (Å²) in [5.41, 5.74) is 6.77. The molecule has 0 aromatic heterocycles. The van der Waals surface area contributed by atoms with Crippen LogP contribution in [0.1, 0.15) is 65.2 Å². The van der Waals surface area contributed by atoms with Crippen molar-refractivity contribution >= 4 is 0 Å². The van der Waals surface area contributed by atoms with Crippen molar-refractivity contribution in [3.05, 3.63) is 0 Å². The highest BCUT2D eigenvalue weighted by molar-refractivity contribution is 5.11. The van der Waals surface area contributed by atoms with Crippen molar-refractivity contribution < 1.29 is 0 Å². The first-order valence-electron chi connectivity index (χ1n) is 6.99. The molecular formula is C14H27N. The second kappa shape index (κ2) is 4.45. The van der Waals surface area contributed by atoms with Gasteiger partial charge in [0.2, 0.25) is 0 Å². The average Bonchev–Trinajstić information content (AvgIpc) is 2.93. The van der Waals surface area contributed by atoms with Gasteiger partial charge in [-0.25, -0.2) is 0 Å². The van der Waals surface area contributed by atoms with Crippen LogP contribution in [0.3, 0.4) is 0 Å². The normalized spacial score (nSPS) is 45.4. The molecule has 15 heavy (non-hydrogen) atoms. The molecule has 2 aliphatic rings. The van der Waals surface area contributed by atoms with Crippen LogP contribution in [0.4, 0.5) is 0 Å². The fourth-order valence-corrected chi connectivity index (χ4v) is 3.79. The Kier molecular flexibility index (Phi) is 3.39. The topological polar surface area (TPSA) is 26.0 Å². The summed E-state index contributed by atoms with van der Waals surface area (Å²) < 4.78 is 0. The van der Waals surface area contributed by atoms with E-state index in [1.54, 1.807) is 0 Å². The molecule has 0 radical (unpaired) electrons. The Morgan fingerprint density at radius 3 is 2.27 bits per heavy atom. The van der Waals surface area contributed by atoms with Gasteiger partial charge in [0, 0.05) is 5.54 Å². The highest BCUT2D eigenvalue weighted by Crippen LogP contribution is 2.53. The van der Waals surface area contributed by atoms with E-state index in [1.807, 2.05) is 0 Å². The Hall–Kier alpha value is -0.0400. The van der Waals surface area contributed by atoms with Gasteiger partial charge in [0.05, 0.1) is 0 Å². The smallest absolute Gasteiger partial charge is 0.0215 e. The Bertz CT molecular complexity index is 205. The van der Waals surface area contributed by atoms with Gasteiger partial charge in [-0.1, -0.05) is 46.0 Å². The summed E-state index contributed by atoms with van der Waals surface area (Å²) in [6, 6.07) is 0. The first-order chi connectivity index (χ1) is 7.20. The molecule has 2 unspecified atom stereocenters. The summed E-state index contributed by atoms with van der Waals surface area (Å²) in [4.78, 5) is 0. The lowest BCUT2D eigenvalue weighted by atomic mass is 9.75. The quantitative estimate of drug-likeness (QED) is 0.750. The maximum absolute atomic E-state index is 6.50. The number of rotatable bonds is 4. The van der Waals surface area contributed by atoms with Crippen molar-refractivity contribution in [2.24, 2.45) is 23.5 Å². The molecule has 0 bridgehead atoms. The molecule has 0 aliphatic heterocycles. The van der Waals surface area contributed by atoms with Crippen molar-refractivity contribution in [2.45, 2.75) is 70.8 Å². The summed E-state index contributed by atoms with van der Waals surface area (Å²) in [5, 5.41) is 0. The van der Waals surface area contributed by atoms with Crippen LogP contribution in [-0.4, -0.2) is 5.54 Å². The minimum Gasteiger partial charge on any atom is -0.325 e. The van der Waals surface area contributed by atoms with Gasteiger partial charge >= 0.3 is 0 Å². The Labute approximate surface area is 94.8 Å². The zero-order valence-electron chi connectivity index (χ0n) is 10.5. The van der Waals surface area contributed by atoms with E-state index in [2.05, 4.69) is 13.8 Å². The molecule has 0 heterocycles. The molecule has 0 aromatic rings. The lowest BCUT2D eigenvalue weighted by molar-refractivity contribution is 0.215. The van der Waals surface area contributed by atoms with E-state index in [0.29, 0.717) is 0 Å². The molecule has 88 valence electrons. The largest absolute Gasteiger partial charge is 0.325 e. The minimum atomic E-state index is 0.270. The predicted octanol–water partition coefficient (Wildman–Crippen LogP) is 3.72. The highest BCUT2D eigenvalue weighted by atomic mass is 14.9. The molecule has 0 spiro atoms. The first-order valence-corrected chi connectivity index (χ1v) is 6.99. The lowest BCUT2D eigenvalue weighted by Gasteiger charge is -2.33. The third kappa shape index (κ3) is 2.22. The van der Waals surface area contributed by atoms with Crippen LogP contribution in [0.25, 0.3) is 0 Å². The van der Waals surface area contributed by atoms with E-state index in [-0.39, 0.29) is 5.54 Å². The minimum absolute atomic E-state index is 0.270. The molecule has 1 heteroatoms. The van der Waals surface area contributed by atoms with Crippen LogP contribution < -0.4 is 5.73 Å². The standard InChI is InChI=1S/C14H27N/c1-3-5-11-6-8-13(9-7-11)14(15)10-12(14)4-2/h11-13H,3-10,15H2,1-2H3. The van der Waals surface area contributed by atoms with E-state index >= 15 is 0 Å². The van der Waals surface area contributed by atoms with Crippen molar-refractivity contribution in [3.8, 4) is 0 Å². The molecule has 2 saturated carbocycles. The van der Waals surface area contributed by atoms with Gasteiger partial charge in [-0.05, 0) is 37.0 Å². The fraction of sp³-hybridized carbons (Fsp3) is 1.00. The third-order valence-corrected chi connectivity index (χ3v) is 5.00. The van der Waals surface area contributed by atoms with Crippen LogP contribution in [0.2, 0.25) is 0 Å². The van der Waals surface area contributed by atoms with Crippen molar-refractivity contribution in [1.82, 2.24) is 0 Å². The lowest BCUT2D eigenvalue weighted by Crippen LogP contribution is -2.37. The average molecular weight is 209 g/mol. The van der Waals surface area contributed by atoms with Crippen LogP contribution >= 0.6 is 0 Å². The Morgan fingerprint density at radius 1 is 1.13 bits per heavy atom. The molecular weight excluding hydrogens is 182 g/mol. The van der Waals surface area contributed by atoms with Gasteiger partial charge in [0.25, 0.3) is 0 Å². The van der Waals surface area contributed by atoms with Crippen molar-refractivity contribution in [3.63, 3.8) is 0 Å². The summed E-state index contributed by atoms with van der Waals surface area (Å²) in [7, 11) is 0. The Balaban J connectivity index is 1.79. The summed E-state index contributed by atoms with van der Waals surface area (Å²) in [6.07, 6.45) is 11.2. The highest BCUT2D eigenvalue weighted by Gasteiger charge is 2.54. The van der Waals surface area contributed by atoms with Gasteiger partial charge in [0.1, 0.15) is 0 Å². The number of nitrogens with two attached hydrogens (primary N) is 1. The molecule has 0 amide bonds. The molecule has 2 atom stereocenters. The summed E-state index contributed by atoms with van der Waals surface area (Å²) in [6.45, 7) is 4.60. The van der Waals surface area contributed by atoms with Gasteiger partial charge < -0.3 is 5.73 Å². The molecule has 2 fully saturated rings. The SMILES string of the molecule is CCCC1CCC(C2(N)CC2CC)CC1. The third-order valence-electron chi connectivity index (χ3n) is 5.00. The van der Waals surface area contributed by atoms with E-state index in [0.717, 1.165) is 17.8 Å². The molecule has 2 aliphatic carbocycles. The molecule has 2 N–H and O–H groups in total. The van der Waals surface area contributed by atoms with Crippen LogP contribution in [-0.2, 0) is 0 Å². The molecule has 0 saturated heterocycles. The zero-order chi connectivity index (χ0) is 10.9. The molecule has 1 nitrogen and oxygen atoms in total. The van der Waals surface area contributed by atoms with Gasteiger partial charge in [0.15, 0.2) is 0 Å². The monoisotopic (exact) mass is 209 g/mol. The van der Waals surface area contributed by atoms with Crippen molar-refractivity contribution in [1.29, 1.82) is 0 Å². The number of hydrogen-bond donors (Lipinski definition) is 1. The van der Waals surface area contributed by atoms with Crippen LogP contribution in [0.5, 0.6) is 0 Å². The Morgan fingerprint density at radius 2 is 1.80 bits per heavy atom. The zero-order valence-corrected chi connectivity index (χ0v) is 10.5. The van der Waals surface area contributed by atoms with Gasteiger partial charge in [-0.2, -0.15) is 0 Å². The fourth-order valence-electron chi connectivity index (χ4n) is 3.79. The van der Waals surface area contributed by atoms with E-state index in [1.165, 1.54) is 51.4 Å². The molecule has 2 rings (SSSR count). The number of hydrogen-bond acceptors (Lipinski definition) is 1. The van der Waals surface area contributed by atoms with Gasteiger partial charge in [-0.3, -0.25) is 0 Å². The maximum Gasteiger partial charge on any atom is 0.0215 e. The van der Waals surface area contributed by atoms with E-state index in [9.17, 15) is 0 Å². The molecule has 0 aromatic carbocycles. The second-order valence-electron chi connectivity index (χ2n) is 5.93. The van der Waals surface area contributed by atoms with E-state index in [4.69, 9.17) is 5.73 Å². The summed E-state index contributed by atoms with van der Waals surface area (Å²) in [5.74, 6) is 2.73. The maximum atomic E-state index is 6.50. The predicted molar refractivity (Wildman–Crippen MR) is 65.7 cm³/mol. The second-order valence-corrected chi connectivity index (χ2v) is 5.93. The van der Waals surface area contributed by atoms with Gasteiger partial charge in [-0.15, -0.1) is 0 Å².